The quantitative estimate of drug-likeness (QED) is 0.501. The van der Waals surface area contributed by atoms with E-state index in [0.717, 1.165) is 12.2 Å². The van der Waals surface area contributed by atoms with Gasteiger partial charge in [0.25, 0.3) is 0 Å². The molecule has 0 fully saturated rings. The van der Waals surface area contributed by atoms with Crippen molar-refractivity contribution in [2.75, 3.05) is 0 Å². The van der Waals surface area contributed by atoms with Crippen LogP contribution in [-0.2, 0) is 14.3 Å². The van der Waals surface area contributed by atoms with Crippen molar-refractivity contribution in [2.24, 2.45) is 0 Å². The fourth-order valence-electron chi connectivity index (χ4n) is 0.492. The second-order valence-corrected chi connectivity index (χ2v) is 1.98. The van der Waals surface area contributed by atoms with Gasteiger partial charge in [-0.3, -0.25) is 9.59 Å². The van der Waals surface area contributed by atoms with Gasteiger partial charge in [0, 0.05) is 0 Å². The van der Waals surface area contributed by atoms with Crippen molar-refractivity contribution in [2.45, 2.75) is 12.8 Å². The first-order chi connectivity index (χ1) is 6.20. The molecule has 0 rings (SSSR count). The van der Waals surface area contributed by atoms with Crippen LogP contribution in [0, 0.1) is 0 Å². The van der Waals surface area contributed by atoms with Crippen LogP contribution >= 0.6 is 0 Å². The number of carbonyl (C=O) groups is 2. The Hall–Kier alpha value is -1.52. The number of carbonyl (C=O) groups excluding carboxylic acids is 2. The Balaban J connectivity index is 3.71. The van der Waals surface area contributed by atoms with Crippen LogP contribution in [0.4, 0.5) is 8.78 Å². The summed E-state index contributed by atoms with van der Waals surface area (Å²) in [7, 11) is 0. The largest absolute Gasteiger partial charge is 0.393 e. The van der Waals surface area contributed by atoms with E-state index >= 15 is 0 Å². The number of esters is 2. The molecular weight excluding hydrogens is 182 g/mol. The average Bonchev–Trinajstić information content (AvgIpc) is 2.11. The Bertz CT molecular complexity index is 210. The zero-order valence-electron chi connectivity index (χ0n) is 6.70. The Morgan fingerprint density at radius 3 is 1.69 bits per heavy atom. The first-order valence-corrected chi connectivity index (χ1v) is 3.44. The highest BCUT2D eigenvalue weighted by Crippen LogP contribution is 1.94. The van der Waals surface area contributed by atoms with Crippen LogP contribution < -0.4 is 0 Å². The molecule has 0 aromatic rings. The molecule has 0 aliphatic carbocycles. The van der Waals surface area contributed by atoms with E-state index in [1.807, 2.05) is 0 Å². The fourth-order valence-corrected chi connectivity index (χ4v) is 0.492. The second-order valence-electron chi connectivity index (χ2n) is 1.98. The monoisotopic (exact) mass is 190 g/mol. The van der Waals surface area contributed by atoms with Crippen LogP contribution in [0.5, 0.6) is 0 Å². The lowest BCUT2D eigenvalue weighted by Crippen LogP contribution is -2.10. The number of rotatable bonds is 4. The van der Waals surface area contributed by atoms with Crippen molar-refractivity contribution in [3.63, 3.8) is 0 Å². The SMILES string of the molecule is O=C(C/C=C/F)OC(=O)C/C=C/F. The van der Waals surface area contributed by atoms with Crippen molar-refractivity contribution in [3.8, 4) is 0 Å². The molecule has 0 atom stereocenters. The highest BCUT2D eigenvalue weighted by Gasteiger charge is 2.06. The minimum absolute atomic E-state index is 0.174. The lowest BCUT2D eigenvalue weighted by Gasteiger charge is -1.96. The van der Waals surface area contributed by atoms with Crippen LogP contribution in [0.1, 0.15) is 12.8 Å². The summed E-state index contributed by atoms with van der Waals surface area (Å²) < 4.78 is 26.9. The first-order valence-electron chi connectivity index (χ1n) is 3.44. The van der Waals surface area contributed by atoms with Crippen molar-refractivity contribution in [1.82, 2.24) is 0 Å². The molecule has 0 aromatic heterocycles. The van der Waals surface area contributed by atoms with Gasteiger partial charge in [-0.15, -0.1) is 0 Å². The van der Waals surface area contributed by atoms with E-state index in [-0.39, 0.29) is 25.5 Å². The summed E-state index contributed by atoms with van der Waals surface area (Å²) in [6, 6.07) is 0. The summed E-state index contributed by atoms with van der Waals surface area (Å²) in [6.07, 6.45) is 1.52. The fraction of sp³-hybridized carbons (Fsp3) is 0.250. The Morgan fingerprint density at radius 2 is 1.38 bits per heavy atom. The minimum atomic E-state index is -0.869. The maximum absolute atomic E-state index is 11.4. The van der Waals surface area contributed by atoms with Gasteiger partial charge in [-0.25, -0.2) is 8.78 Å². The number of hydrogen-bond donors (Lipinski definition) is 0. The molecule has 72 valence electrons. The molecule has 13 heavy (non-hydrogen) atoms. The molecule has 0 aliphatic heterocycles. The molecule has 0 spiro atoms. The molecule has 0 saturated carbocycles. The van der Waals surface area contributed by atoms with E-state index in [2.05, 4.69) is 4.74 Å². The predicted molar refractivity (Wildman–Crippen MR) is 40.8 cm³/mol. The molecule has 0 aliphatic rings. The van der Waals surface area contributed by atoms with Gasteiger partial charge in [-0.05, 0) is 12.2 Å². The van der Waals surface area contributed by atoms with E-state index < -0.39 is 11.9 Å². The lowest BCUT2D eigenvalue weighted by atomic mass is 10.4. The van der Waals surface area contributed by atoms with E-state index in [9.17, 15) is 18.4 Å². The lowest BCUT2D eigenvalue weighted by molar-refractivity contribution is -0.158. The smallest absolute Gasteiger partial charge is 0.317 e. The summed E-state index contributed by atoms with van der Waals surface area (Å²) >= 11 is 0. The summed E-state index contributed by atoms with van der Waals surface area (Å²) in [4.78, 5) is 21.2. The molecular formula is C8H8F2O3. The van der Waals surface area contributed by atoms with Gasteiger partial charge in [0.15, 0.2) is 0 Å². The molecule has 0 heterocycles. The van der Waals surface area contributed by atoms with Gasteiger partial charge in [0.1, 0.15) is 0 Å². The van der Waals surface area contributed by atoms with Crippen molar-refractivity contribution < 1.29 is 23.1 Å². The maximum atomic E-state index is 11.4. The zero-order chi connectivity index (χ0) is 10.1. The summed E-state index contributed by atoms with van der Waals surface area (Å²) in [5.41, 5.74) is 0. The molecule has 0 amide bonds. The molecule has 0 aromatic carbocycles. The molecule has 0 radical (unpaired) electrons. The highest BCUT2D eigenvalue weighted by molar-refractivity contribution is 5.86. The normalized spacial score (nSPS) is 10.9. The minimum Gasteiger partial charge on any atom is -0.393 e. The predicted octanol–water partition coefficient (Wildman–Crippen LogP) is 1.80. The Labute approximate surface area is 73.7 Å². The molecule has 0 bridgehead atoms. The number of halogens is 2. The molecule has 0 unspecified atom stereocenters. The Kier molecular flexibility index (Phi) is 6.31. The average molecular weight is 190 g/mol. The standard InChI is InChI=1S/C8H8F2O3/c9-5-1-3-7(11)13-8(12)4-2-6-10/h1-2,5-6H,3-4H2/b5-1+,6-2+. The van der Waals surface area contributed by atoms with Gasteiger partial charge in [-0.1, -0.05) is 0 Å². The summed E-state index contributed by atoms with van der Waals surface area (Å²) in [6.45, 7) is 0. The first kappa shape index (κ1) is 11.5. The molecule has 0 N–H and O–H groups in total. The summed E-state index contributed by atoms with van der Waals surface area (Å²) in [5.74, 6) is -1.74. The Morgan fingerprint density at radius 1 is 1.00 bits per heavy atom. The molecule has 3 nitrogen and oxygen atoms in total. The van der Waals surface area contributed by atoms with Crippen LogP contribution in [0.15, 0.2) is 24.8 Å². The van der Waals surface area contributed by atoms with Crippen molar-refractivity contribution in [3.05, 3.63) is 24.8 Å². The highest BCUT2D eigenvalue weighted by atomic mass is 19.1. The zero-order valence-corrected chi connectivity index (χ0v) is 6.70. The third kappa shape index (κ3) is 6.86. The van der Waals surface area contributed by atoms with Gasteiger partial charge in [0.05, 0.1) is 25.5 Å². The van der Waals surface area contributed by atoms with Gasteiger partial charge < -0.3 is 4.74 Å². The topological polar surface area (TPSA) is 43.4 Å². The van der Waals surface area contributed by atoms with Crippen LogP contribution in [0.25, 0.3) is 0 Å². The number of ether oxygens (including phenoxy) is 1. The van der Waals surface area contributed by atoms with Gasteiger partial charge >= 0.3 is 11.9 Å². The van der Waals surface area contributed by atoms with E-state index in [1.165, 1.54) is 0 Å². The van der Waals surface area contributed by atoms with Crippen molar-refractivity contribution in [1.29, 1.82) is 0 Å². The van der Waals surface area contributed by atoms with Crippen LogP contribution in [0.3, 0.4) is 0 Å². The second kappa shape index (κ2) is 7.15. The van der Waals surface area contributed by atoms with E-state index in [0.29, 0.717) is 0 Å². The maximum Gasteiger partial charge on any atom is 0.317 e. The van der Waals surface area contributed by atoms with Crippen LogP contribution in [0.2, 0.25) is 0 Å². The third-order valence-corrected chi connectivity index (χ3v) is 0.975. The molecule has 0 saturated heterocycles. The number of hydrogen-bond acceptors (Lipinski definition) is 3. The molecule has 5 heteroatoms. The summed E-state index contributed by atoms with van der Waals surface area (Å²) in [5, 5.41) is 0. The third-order valence-electron chi connectivity index (χ3n) is 0.975. The van der Waals surface area contributed by atoms with Crippen molar-refractivity contribution >= 4 is 11.9 Å². The van der Waals surface area contributed by atoms with E-state index in [4.69, 9.17) is 0 Å². The van der Waals surface area contributed by atoms with E-state index in [1.54, 1.807) is 0 Å². The van der Waals surface area contributed by atoms with Gasteiger partial charge in [0.2, 0.25) is 0 Å². The van der Waals surface area contributed by atoms with Crippen LogP contribution in [-0.4, -0.2) is 11.9 Å². The van der Waals surface area contributed by atoms with Gasteiger partial charge in [-0.2, -0.15) is 0 Å².